The van der Waals surface area contributed by atoms with E-state index in [9.17, 15) is 22.0 Å². The molecule has 0 aliphatic rings. The Bertz CT molecular complexity index is 1590. The van der Waals surface area contributed by atoms with E-state index in [0.717, 1.165) is 12.3 Å². The molecule has 4 aromatic rings. The van der Waals surface area contributed by atoms with E-state index in [0.29, 0.717) is 22.5 Å². The van der Waals surface area contributed by atoms with Crippen molar-refractivity contribution in [2.45, 2.75) is 6.54 Å². The predicted molar refractivity (Wildman–Crippen MR) is 130 cm³/mol. The van der Waals surface area contributed by atoms with Gasteiger partial charge in [-0.3, -0.25) is 4.79 Å². The van der Waals surface area contributed by atoms with E-state index in [1.807, 2.05) is 4.72 Å². The van der Waals surface area contributed by atoms with Crippen LogP contribution in [0.15, 0.2) is 48.7 Å². The molecule has 0 aliphatic heterocycles. The summed E-state index contributed by atoms with van der Waals surface area (Å²) in [5.74, 6) is -2.45. The molecule has 1 N–H and O–H groups in total. The van der Waals surface area contributed by atoms with Crippen molar-refractivity contribution in [3.05, 3.63) is 81.6 Å². The smallest absolute Gasteiger partial charge is 0.282 e. The van der Waals surface area contributed by atoms with E-state index in [1.165, 1.54) is 36.1 Å². The first kappa shape index (κ1) is 24.9. The van der Waals surface area contributed by atoms with Crippen molar-refractivity contribution in [2.24, 2.45) is 0 Å². The van der Waals surface area contributed by atoms with Crippen molar-refractivity contribution < 1.29 is 26.7 Å². The lowest BCUT2D eigenvalue weighted by molar-refractivity contribution is 0.0974. The second kappa shape index (κ2) is 9.44. The number of methoxy groups -OCH3 is 1. The molecule has 0 spiro atoms. The number of rotatable bonds is 6. The van der Waals surface area contributed by atoms with Crippen molar-refractivity contribution in [3.8, 4) is 17.0 Å². The largest absolute Gasteiger partial charge is 0.481 e. The van der Waals surface area contributed by atoms with Crippen LogP contribution in [0.4, 0.5) is 8.78 Å². The van der Waals surface area contributed by atoms with Gasteiger partial charge in [-0.05, 0) is 30.3 Å². The molecule has 0 fully saturated rings. The number of sulfonamides is 1. The predicted octanol–water partition coefficient (Wildman–Crippen LogP) is 5.03. The lowest BCUT2D eigenvalue weighted by atomic mass is 10.0. The fourth-order valence-electron chi connectivity index (χ4n) is 3.80. The lowest BCUT2D eigenvalue weighted by Crippen LogP contribution is -2.31. The maximum Gasteiger partial charge on any atom is 0.282 e. The van der Waals surface area contributed by atoms with E-state index < -0.39 is 27.6 Å². The van der Waals surface area contributed by atoms with Gasteiger partial charge in [-0.1, -0.05) is 29.3 Å². The summed E-state index contributed by atoms with van der Waals surface area (Å²) in [7, 11) is -2.59. The van der Waals surface area contributed by atoms with Crippen molar-refractivity contribution in [1.82, 2.24) is 14.3 Å². The maximum atomic E-state index is 14.6. The number of aromatic nitrogens is 2. The van der Waals surface area contributed by atoms with E-state index in [2.05, 4.69) is 4.98 Å². The van der Waals surface area contributed by atoms with Gasteiger partial charge in [0, 0.05) is 34.3 Å². The van der Waals surface area contributed by atoms with Gasteiger partial charge >= 0.3 is 0 Å². The molecule has 0 atom stereocenters. The highest BCUT2D eigenvalue weighted by atomic mass is 35.5. The summed E-state index contributed by atoms with van der Waals surface area (Å²) in [6.07, 6.45) is 2.31. The van der Waals surface area contributed by atoms with Gasteiger partial charge in [0.1, 0.15) is 17.3 Å². The van der Waals surface area contributed by atoms with E-state index in [4.69, 9.17) is 27.9 Å². The fraction of sp³-hybridized carbons (Fsp3) is 0.130. The molecular formula is C23H17Cl2F2N3O4S. The van der Waals surface area contributed by atoms with Crippen LogP contribution in [0.2, 0.25) is 10.0 Å². The molecule has 0 bridgehead atoms. The second-order valence-electron chi connectivity index (χ2n) is 7.59. The molecule has 0 radical (unpaired) electrons. The molecule has 0 saturated heterocycles. The van der Waals surface area contributed by atoms with Crippen LogP contribution in [0.5, 0.6) is 5.88 Å². The van der Waals surface area contributed by atoms with Crippen LogP contribution in [-0.2, 0) is 16.6 Å². The number of hydrogen-bond acceptors (Lipinski definition) is 5. The summed E-state index contributed by atoms with van der Waals surface area (Å²) in [5.41, 5.74) is 0.858. The van der Waals surface area contributed by atoms with Gasteiger partial charge in [0.05, 0.1) is 35.5 Å². The molecule has 1 amide bonds. The first-order valence-electron chi connectivity index (χ1n) is 9.97. The number of benzene rings is 2. The van der Waals surface area contributed by atoms with Crippen LogP contribution >= 0.6 is 23.2 Å². The summed E-state index contributed by atoms with van der Waals surface area (Å²) in [5, 5.41) is 0.729. The van der Waals surface area contributed by atoms with Crippen LogP contribution in [-0.4, -0.2) is 37.2 Å². The summed E-state index contributed by atoms with van der Waals surface area (Å²) in [6.45, 7) is -0.254. The van der Waals surface area contributed by atoms with Crippen LogP contribution in [0.1, 0.15) is 16.1 Å². The Hall–Kier alpha value is -3.21. The zero-order chi connectivity index (χ0) is 25.5. The molecule has 4 rings (SSSR count). The lowest BCUT2D eigenvalue weighted by Gasteiger charge is -2.14. The first-order chi connectivity index (χ1) is 16.5. The van der Waals surface area contributed by atoms with Crippen LogP contribution in [0.3, 0.4) is 0 Å². The number of hydrogen-bond donors (Lipinski definition) is 1. The number of carbonyl (C=O) groups is 1. The zero-order valence-corrected chi connectivity index (χ0v) is 20.6. The van der Waals surface area contributed by atoms with Gasteiger partial charge in [-0.25, -0.2) is 26.9 Å². The molecule has 35 heavy (non-hydrogen) atoms. The van der Waals surface area contributed by atoms with Crippen molar-refractivity contribution in [1.29, 1.82) is 0 Å². The average Bonchev–Trinajstić information content (AvgIpc) is 3.07. The Labute approximate surface area is 209 Å². The molecule has 2 aromatic heterocycles. The molecular weight excluding hydrogens is 523 g/mol. The third-order valence-corrected chi connectivity index (χ3v) is 6.45. The van der Waals surface area contributed by atoms with Gasteiger partial charge in [-0.15, -0.1) is 0 Å². The minimum atomic E-state index is -3.98. The summed E-state index contributed by atoms with van der Waals surface area (Å²) in [6, 6.07) is 9.25. The molecule has 7 nitrogen and oxygen atoms in total. The van der Waals surface area contributed by atoms with Gasteiger partial charge in [0.15, 0.2) is 0 Å². The number of ether oxygens (including phenoxy) is 1. The van der Waals surface area contributed by atoms with Crippen LogP contribution < -0.4 is 9.46 Å². The Morgan fingerprint density at radius 2 is 1.86 bits per heavy atom. The third-order valence-electron chi connectivity index (χ3n) is 5.18. The number of nitrogens with zero attached hydrogens (tertiary/aromatic N) is 2. The highest BCUT2D eigenvalue weighted by Crippen LogP contribution is 2.42. The van der Waals surface area contributed by atoms with Crippen molar-refractivity contribution in [2.75, 3.05) is 13.4 Å². The zero-order valence-electron chi connectivity index (χ0n) is 18.3. The number of pyridine rings is 1. The highest BCUT2D eigenvalue weighted by molar-refractivity contribution is 7.89. The molecule has 12 heteroatoms. The standard InChI is InChI=1S/C23H17Cl2F2N3O4S/c1-34-23-14(4-3-7-28-23)20-15-9-16(24)17(25)10-19(15)30(21(20)22(31)29-35(2,32)33)11-12-5-6-13(26)8-18(12)27/h3-10H,11H2,1-2H3,(H,29,31). The average molecular weight is 540 g/mol. The first-order valence-corrected chi connectivity index (χ1v) is 12.6. The topological polar surface area (TPSA) is 90.3 Å². The van der Waals surface area contributed by atoms with Gasteiger partial charge < -0.3 is 9.30 Å². The number of carbonyl (C=O) groups excluding carboxylic acids is 1. The number of nitrogens with one attached hydrogen (secondary N) is 1. The second-order valence-corrected chi connectivity index (χ2v) is 10.2. The molecule has 2 heterocycles. The molecule has 0 aliphatic carbocycles. The quantitative estimate of drug-likeness (QED) is 0.371. The molecule has 182 valence electrons. The van der Waals surface area contributed by atoms with Crippen molar-refractivity contribution in [3.63, 3.8) is 0 Å². The van der Waals surface area contributed by atoms with Crippen LogP contribution in [0.25, 0.3) is 22.0 Å². The molecule has 0 unspecified atom stereocenters. The van der Waals surface area contributed by atoms with E-state index >= 15 is 0 Å². The normalized spacial score (nSPS) is 11.6. The van der Waals surface area contributed by atoms with Crippen LogP contribution in [0, 0.1) is 11.6 Å². The third kappa shape index (κ3) is 4.95. The van der Waals surface area contributed by atoms with E-state index in [-0.39, 0.29) is 39.3 Å². The summed E-state index contributed by atoms with van der Waals surface area (Å²) >= 11 is 12.5. The Morgan fingerprint density at radius 3 is 2.51 bits per heavy atom. The Balaban J connectivity index is 2.12. The number of halogens is 4. The number of amides is 1. The minimum absolute atomic E-state index is 0.0486. The fourth-order valence-corrected chi connectivity index (χ4v) is 4.55. The van der Waals surface area contributed by atoms with Gasteiger partial charge in [0.2, 0.25) is 15.9 Å². The SMILES string of the molecule is COc1ncccc1-c1c(C(=O)NS(C)(=O)=O)n(Cc2ccc(F)cc2F)c2cc(Cl)c(Cl)cc12. The summed E-state index contributed by atoms with van der Waals surface area (Å²) in [4.78, 5) is 17.5. The summed E-state index contributed by atoms with van der Waals surface area (Å²) < 4.78 is 60.7. The van der Waals surface area contributed by atoms with Crippen molar-refractivity contribution >= 4 is 50.0 Å². The van der Waals surface area contributed by atoms with E-state index in [1.54, 1.807) is 12.1 Å². The minimum Gasteiger partial charge on any atom is -0.481 e. The highest BCUT2D eigenvalue weighted by Gasteiger charge is 2.29. The van der Waals surface area contributed by atoms with Gasteiger partial charge in [-0.2, -0.15) is 0 Å². The Kier molecular flexibility index (Phi) is 6.72. The molecule has 0 saturated carbocycles. The molecule has 2 aromatic carbocycles. The maximum absolute atomic E-state index is 14.6. The number of fused-ring (bicyclic) bond motifs is 1. The van der Waals surface area contributed by atoms with Gasteiger partial charge in [0.25, 0.3) is 5.91 Å². The Morgan fingerprint density at radius 1 is 1.14 bits per heavy atom. The monoisotopic (exact) mass is 539 g/mol.